The zero-order chi connectivity index (χ0) is 16.1. The number of rotatable bonds is 6. The van der Waals surface area contributed by atoms with Gasteiger partial charge in [0.25, 0.3) is 0 Å². The Morgan fingerprint density at radius 2 is 1.91 bits per heavy atom. The molecule has 1 heterocycles. The maximum Gasteiger partial charge on any atom is 0.123 e. The van der Waals surface area contributed by atoms with Crippen molar-refractivity contribution < 1.29 is 4.39 Å². The summed E-state index contributed by atoms with van der Waals surface area (Å²) < 4.78 is 16.0. The smallest absolute Gasteiger partial charge is 0.123 e. The van der Waals surface area contributed by atoms with Crippen molar-refractivity contribution in [3.63, 3.8) is 0 Å². The van der Waals surface area contributed by atoms with Gasteiger partial charge in [0.15, 0.2) is 0 Å². The predicted molar refractivity (Wildman–Crippen MR) is 93.1 cm³/mol. The largest absolute Gasteiger partial charge is 0.312 e. The quantitative estimate of drug-likeness (QED) is 0.659. The highest BCUT2D eigenvalue weighted by atomic mass is 79.9. The molecule has 0 bridgehead atoms. The molecule has 0 amide bonds. The van der Waals surface area contributed by atoms with Crippen molar-refractivity contribution in [1.29, 1.82) is 0 Å². The Morgan fingerprint density at radius 3 is 2.70 bits per heavy atom. The second-order valence-corrected chi connectivity index (χ2v) is 6.24. The Labute approximate surface area is 143 Å². The van der Waals surface area contributed by atoms with Gasteiger partial charge >= 0.3 is 0 Å². The predicted octanol–water partition coefficient (Wildman–Crippen LogP) is 4.11. The molecule has 0 atom stereocenters. The van der Waals surface area contributed by atoms with Crippen LogP contribution in [0, 0.1) is 5.82 Å². The summed E-state index contributed by atoms with van der Waals surface area (Å²) in [6.45, 7) is 1.54. The number of benzene rings is 2. The fraction of sp³-hybridized carbons (Fsp3) is 0.167. The van der Waals surface area contributed by atoms with Crippen LogP contribution in [0.4, 0.5) is 4.39 Å². The van der Waals surface area contributed by atoms with Gasteiger partial charge in [0.2, 0.25) is 0 Å². The number of nitrogens with one attached hydrogen (secondary N) is 1. The lowest BCUT2D eigenvalue weighted by molar-refractivity contribution is 0.622. The van der Waals surface area contributed by atoms with Crippen LogP contribution in [-0.4, -0.2) is 16.3 Å². The van der Waals surface area contributed by atoms with Crippen LogP contribution in [-0.2, 0) is 13.0 Å². The van der Waals surface area contributed by atoms with Crippen LogP contribution in [0.2, 0.25) is 0 Å². The van der Waals surface area contributed by atoms with E-state index in [1.807, 2.05) is 47.4 Å². The van der Waals surface area contributed by atoms with E-state index in [0.717, 1.165) is 40.8 Å². The minimum atomic E-state index is -0.182. The van der Waals surface area contributed by atoms with Crippen LogP contribution in [0.1, 0.15) is 11.1 Å². The van der Waals surface area contributed by atoms with E-state index in [4.69, 9.17) is 0 Å². The van der Waals surface area contributed by atoms with E-state index < -0.39 is 0 Å². The topological polar surface area (TPSA) is 29.9 Å². The first-order valence-electron chi connectivity index (χ1n) is 7.45. The standard InChI is InChI=1S/C18H17BrFN3/c19-16-4-6-18(7-5-16)23-13-15(12-22-23)11-21-9-8-14-2-1-3-17(20)10-14/h1-7,10,12-13,21H,8-9,11H2. The summed E-state index contributed by atoms with van der Waals surface area (Å²) >= 11 is 3.43. The molecule has 1 aromatic heterocycles. The molecule has 2 aromatic carbocycles. The lowest BCUT2D eigenvalue weighted by Crippen LogP contribution is -2.16. The van der Waals surface area contributed by atoms with Gasteiger partial charge in [-0.3, -0.25) is 0 Å². The zero-order valence-corrected chi connectivity index (χ0v) is 14.1. The number of aromatic nitrogens is 2. The SMILES string of the molecule is Fc1cccc(CCNCc2cnn(-c3ccc(Br)cc3)c2)c1. The highest BCUT2D eigenvalue weighted by molar-refractivity contribution is 9.10. The second kappa shape index (κ2) is 7.53. The molecule has 1 N–H and O–H groups in total. The number of nitrogens with zero attached hydrogens (tertiary/aromatic N) is 2. The first-order valence-corrected chi connectivity index (χ1v) is 8.25. The van der Waals surface area contributed by atoms with Crippen molar-refractivity contribution in [1.82, 2.24) is 15.1 Å². The van der Waals surface area contributed by atoms with Crippen molar-refractivity contribution in [3.8, 4) is 5.69 Å². The average Bonchev–Trinajstić information content (AvgIpc) is 3.01. The third kappa shape index (κ3) is 4.50. The minimum absolute atomic E-state index is 0.182. The van der Waals surface area contributed by atoms with Crippen molar-refractivity contribution in [2.24, 2.45) is 0 Å². The molecular weight excluding hydrogens is 357 g/mol. The molecule has 118 valence electrons. The highest BCUT2D eigenvalue weighted by Gasteiger charge is 2.01. The third-order valence-electron chi connectivity index (χ3n) is 3.54. The monoisotopic (exact) mass is 373 g/mol. The van der Waals surface area contributed by atoms with Crippen LogP contribution in [0.3, 0.4) is 0 Å². The zero-order valence-electron chi connectivity index (χ0n) is 12.5. The molecule has 0 saturated heterocycles. The van der Waals surface area contributed by atoms with Gasteiger partial charge in [0, 0.05) is 22.8 Å². The van der Waals surface area contributed by atoms with Gasteiger partial charge in [-0.2, -0.15) is 5.10 Å². The molecule has 0 unspecified atom stereocenters. The van der Waals surface area contributed by atoms with Gasteiger partial charge in [-0.05, 0) is 54.9 Å². The Hall–Kier alpha value is -1.98. The Balaban J connectivity index is 1.50. The molecule has 3 nitrogen and oxygen atoms in total. The van der Waals surface area contributed by atoms with Crippen molar-refractivity contribution in [2.75, 3.05) is 6.54 Å². The number of hydrogen-bond donors (Lipinski definition) is 1. The maximum absolute atomic E-state index is 13.1. The molecule has 3 rings (SSSR count). The van der Waals surface area contributed by atoms with E-state index in [0.29, 0.717) is 0 Å². The molecule has 23 heavy (non-hydrogen) atoms. The molecule has 0 radical (unpaired) electrons. The van der Waals surface area contributed by atoms with E-state index in [1.165, 1.54) is 6.07 Å². The van der Waals surface area contributed by atoms with Gasteiger partial charge in [0.05, 0.1) is 11.9 Å². The summed E-state index contributed by atoms with van der Waals surface area (Å²) in [5, 5.41) is 7.74. The maximum atomic E-state index is 13.1. The van der Waals surface area contributed by atoms with E-state index >= 15 is 0 Å². The Bertz CT molecular complexity index is 768. The summed E-state index contributed by atoms with van der Waals surface area (Å²) in [6.07, 6.45) is 4.67. The van der Waals surface area contributed by atoms with E-state index in [9.17, 15) is 4.39 Å². The first-order chi connectivity index (χ1) is 11.2. The van der Waals surface area contributed by atoms with Crippen molar-refractivity contribution in [3.05, 3.63) is 82.3 Å². The summed E-state index contributed by atoms with van der Waals surface area (Å²) in [7, 11) is 0. The number of hydrogen-bond acceptors (Lipinski definition) is 2. The van der Waals surface area contributed by atoms with Crippen LogP contribution in [0.5, 0.6) is 0 Å². The fourth-order valence-corrected chi connectivity index (χ4v) is 2.61. The van der Waals surface area contributed by atoms with Crippen molar-refractivity contribution >= 4 is 15.9 Å². The lowest BCUT2D eigenvalue weighted by Gasteiger charge is -2.04. The summed E-state index contributed by atoms with van der Waals surface area (Å²) in [4.78, 5) is 0. The van der Waals surface area contributed by atoms with Crippen molar-refractivity contribution in [2.45, 2.75) is 13.0 Å². The van der Waals surface area contributed by atoms with Gasteiger partial charge < -0.3 is 5.32 Å². The molecule has 0 aliphatic carbocycles. The Morgan fingerprint density at radius 1 is 1.09 bits per heavy atom. The molecular formula is C18H17BrFN3. The van der Waals surface area contributed by atoms with Gasteiger partial charge in [-0.15, -0.1) is 0 Å². The summed E-state index contributed by atoms with van der Waals surface area (Å²) in [6, 6.07) is 14.7. The van der Waals surface area contributed by atoms with Crippen LogP contribution in [0.25, 0.3) is 5.69 Å². The highest BCUT2D eigenvalue weighted by Crippen LogP contribution is 2.14. The molecule has 0 aliphatic heterocycles. The summed E-state index contributed by atoms with van der Waals surface area (Å²) in [5.41, 5.74) is 3.15. The van der Waals surface area contributed by atoms with Crippen LogP contribution >= 0.6 is 15.9 Å². The van der Waals surface area contributed by atoms with E-state index in [1.54, 1.807) is 12.1 Å². The second-order valence-electron chi connectivity index (χ2n) is 5.33. The summed E-state index contributed by atoms with van der Waals surface area (Å²) in [5.74, 6) is -0.182. The van der Waals surface area contributed by atoms with E-state index in [2.05, 4.69) is 26.3 Å². The molecule has 0 saturated carbocycles. The van der Waals surface area contributed by atoms with Crippen LogP contribution in [0.15, 0.2) is 65.4 Å². The van der Waals surface area contributed by atoms with Gasteiger partial charge in [-0.25, -0.2) is 9.07 Å². The van der Waals surface area contributed by atoms with Gasteiger partial charge in [-0.1, -0.05) is 28.1 Å². The molecule has 5 heteroatoms. The third-order valence-corrected chi connectivity index (χ3v) is 4.06. The first kappa shape index (κ1) is 15.9. The average molecular weight is 374 g/mol. The fourth-order valence-electron chi connectivity index (χ4n) is 2.34. The molecule has 0 aliphatic rings. The number of halogens is 2. The molecule has 0 fully saturated rings. The Kier molecular flexibility index (Phi) is 5.20. The van der Waals surface area contributed by atoms with Gasteiger partial charge in [0.1, 0.15) is 5.82 Å². The normalized spacial score (nSPS) is 10.9. The minimum Gasteiger partial charge on any atom is -0.312 e. The van der Waals surface area contributed by atoms with Crippen LogP contribution < -0.4 is 5.32 Å². The molecule has 0 spiro atoms. The van der Waals surface area contributed by atoms with E-state index in [-0.39, 0.29) is 5.82 Å². The lowest BCUT2D eigenvalue weighted by atomic mass is 10.1. The molecule has 3 aromatic rings.